The van der Waals surface area contributed by atoms with E-state index in [0.29, 0.717) is 0 Å². The van der Waals surface area contributed by atoms with Gasteiger partial charge in [0.1, 0.15) is 0 Å². The smallest absolute Gasteiger partial charge is 0.399 e. The van der Waals surface area contributed by atoms with Gasteiger partial charge in [-0.25, -0.2) is 4.79 Å². The Labute approximate surface area is 105 Å². The molecule has 0 amide bonds. The molecule has 5 nitrogen and oxygen atoms in total. The van der Waals surface area contributed by atoms with Crippen molar-refractivity contribution >= 4 is 13.6 Å². The number of hydrogen-bond donors (Lipinski definition) is 0. The lowest BCUT2D eigenvalue weighted by molar-refractivity contribution is -0.136. The van der Waals surface area contributed by atoms with Crippen molar-refractivity contribution in [1.29, 1.82) is 0 Å². The Bertz CT molecular complexity index is 346. The van der Waals surface area contributed by atoms with Gasteiger partial charge in [0.2, 0.25) is 0 Å². The standard InChI is InChI=1S/C10H17F2O5P/c1-5-16-18(14,17-6-2)10(11,12)7-8(3)9(13)15-4/h3,5-7H2,1-2,4H3. The van der Waals surface area contributed by atoms with Crippen molar-refractivity contribution in [3.8, 4) is 0 Å². The number of halogens is 2. The fraction of sp³-hybridized carbons (Fsp3) is 0.700. The Balaban J connectivity index is 5.01. The molecule has 0 aliphatic carbocycles. The highest BCUT2D eigenvalue weighted by Gasteiger charge is 2.53. The molecular weight excluding hydrogens is 269 g/mol. The molecule has 0 radical (unpaired) electrons. The minimum atomic E-state index is -4.63. The van der Waals surface area contributed by atoms with Gasteiger partial charge in [-0.15, -0.1) is 0 Å². The molecule has 0 aromatic heterocycles. The summed E-state index contributed by atoms with van der Waals surface area (Å²) in [7, 11) is -3.59. The summed E-state index contributed by atoms with van der Waals surface area (Å²) in [4.78, 5) is 11.0. The third-order valence-electron chi connectivity index (χ3n) is 1.90. The van der Waals surface area contributed by atoms with Crippen LogP contribution in [0, 0.1) is 0 Å². The fourth-order valence-electron chi connectivity index (χ4n) is 1.14. The third kappa shape index (κ3) is 4.15. The molecule has 0 rings (SSSR count). The van der Waals surface area contributed by atoms with Crippen LogP contribution in [0.1, 0.15) is 20.3 Å². The zero-order valence-corrected chi connectivity index (χ0v) is 11.5. The largest absolute Gasteiger partial charge is 0.466 e. The average molecular weight is 286 g/mol. The molecule has 0 atom stereocenters. The second-order valence-corrected chi connectivity index (χ2v) is 5.44. The van der Waals surface area contributed by atoms with E-state index in [2.05, 4.69) is 20.4 Å². The summed E-state index contributed by atoms with van der Waals surface area (Å²) in [6.45, 7) is 5.59. The summed E-state index contributed by atoms with van der Waals surface area (Å²) < 4.78 is 52.8. The summed E-state index contributed by atoms with van der Waals surface area (Å²) in [5, 5.41) is 0. The Morgan fingerprint density at radius 2 is 1.72 bits per heavy atom. The molecule has 0 aliphatic heterocycles. The van der Waals surface area contributed by atoms with Gasteiger partial charge in [0.15, 0.2) is 0 Å². The second-order valence-electron chi connectivity index (χ2n) is 3.27. The van der Waals surface area contributed by atoms with Crippen molar-refractivity contribution in [2.75, 3.05) is 20.3 Å². The van der Waals surface area contributed by atoms with Crippen LogP contribution in [-0.4, -0.2) is 32.0 Å². The number of carbonyl (C=O) groups excluding carboxylic acids is 1. The lowest BCUT2D eigenvalue weighted by atomic mass is 10.2. The lowest BCUT2D eigenvalue weighted by Crippen LogP contribution is -2.23. The van der Waals surface area contributed by atoms with Gasteiger partial charge in [-0.3, -0.25) is 4.57 Å². The van der Waals surface area contributed by atoms with Crippen molar-refractivity contribution < 1.29 is 31.9 Å². The van der Waals surface area contributed by atoms with Gasteiger partial charge in [-0.1, -0.05) is 6.58 Å². The van der Waals surface area contributed by atoms with Crippen molar-refractivity contribution in [2.24, 2.45) is 0 Å². The van der Waals surface area contributed by atoms with Crippen LogP contribution in [-0.2, 0) is 23.1 Å². The first-order valence-electron chi connectivity index (χ1n) is 5.27. The van der Waals surface area contributed by atoms with E-state index in [4.69, 9.17) is 0 Å². The van der Waals surface area contributed by atoms with Crippen LogP contribution < -0.4 is 0 Å². The molecule has 0 spiro atoms. The predicted molar refractivity (Wildman–Crippen MR) is 61.6 cm³/mol. The van der Waals surface area contributed by atoms with Crippen molar-refractivity contribution in [3.05, 3.63) is 12.2 Å². The predicted octanol–water partition coefficient (Wildman–Crippen LogP) is 2.96. The highest BCUT2D eigenvalue weighted by molar-refractivity contribution is 7.55. The number of ether oxygens (including phenoxy) is 1. The lowest BCUT2D eigenvalue weighted by Gasteiger charge is -2.25. The SMILES string of the molecule is C=C(CC(F)(F)P(=O)(OCC)OCC)C(=O)OC. The van der Waals surface area contributed by atoms with Crippen molar-refractivity contribution in [1.82, 2.24) is 0 Å². The number of alkyl halides is 2. The topological polar surface area (TPSA) is 61.8 Å². The Hall–Kier alpha value is -0.780. The maximum atomic E-state index is 13.8. The average Bonchev–Trinajstić information content (AvgIpc) is 2.27. The van der Waals surface area contributed by atoms with E-state index in [-0.39, 0.29) is 13.2 Å². The van der Waals surface area contributed by atoms with E-state index >= 15 is 0 Å². The molecule has 0 aromatic rings. The summed E-state index contributed by atoms with van der Waals surface area (Å²) in [5.41, 5.74) is -4.33. The zero-order valence-electron chi connectivity index (χ0n) is 10.6. The van der Waals surface area contributed by atoms with E-state index in [9.17, 15) is 18.1 Å². The Morgan fingerprint density at radius 3 is 2.06 bits per heavy atom. The van der Waals surface area contributed by atoms with E-state index in [1.807, 2.05) is 0 Å². The van der Waals surface area contributed by atoms with Gasteiger partial charge < -0.3 is 13.8 Å². The molecule has 106 valence electrons. The van der Waals surface area contributed by atoms with Gasteiger partial charge in [0.05, 0.1) is 26.7 Å². The van der Waals surface area contributed by atoms with Crippen molar-refractivity contribution in [2.45, 2.75) is 25.9 Å². The van der Waals surface area contributed by atoms with Crippen LogP contribution in [0.3, 0.4) is 0 Å². The maximum absolute atomic E-state index is 13.8. The van der Waals surface area contributed by atoms with E-state index in [1.165, 1.54) is 13.8 Å². The van der Waals surface area contributed by atoms with Gasteiger partial charge >= 0.3 is 19.2 Å². The quantitative estimate of drug-likeness (QED) is 0.390. The van der Waals surface area contributed by atoms with Crippen LogP contribution >= 0.6 is 7.60 Å². The van der Waals surface area contributed by atoms with Crippen LogP contribution in [0.5, 0.6) is 0 Å². The zero-order chi connectivity index (χ0) is 14.4. The highest BCUT2D eigenvalue weighted by atomic mass is 31.2. The van der Waals surface area contributed by atoms with Crippen LogP contribution in [0.15, 0.2) is 12.2 Å². The molecule has 18 heavy (non-hydrogen) atoms. The third-order valence-corrected chi connectivity index (χ3v) is 4.05. The summed E-state index contributed by atoms with van der Waals surface area (Å²) >= 11 is 0. The van der Waals surface area contributed by atoms with Crippen LogP contribution in [0.25, 0.3) is 0 Å². The minimum absolute atomic E-state index is 0.197. The second kappa shape index (κ2) is 6.97. The molecule has 0 saturated heterocycles. The maximum Gasteiger partial charge on any atom is 0.399 e. The molecule has 0 aliphatic rings. The number of rotatable bonds is 8. The molecule has 0 aromatic carbocycles. The van der Waals surface area contributed by atoms with E-state index in [1.54, 1.807) is 0 Å². The number of carbonyl (C=O) groups is 1. The Morgan fingerprint density at radius 1 is 1.28 bits per heavy atom. The number of hydrogen-bond acceptors (Lipinski definition) is 5. The monoisotopic (exact) mass is 286 g/mol. The molecule has 0 heterocycles. The van der Waals surface area contributed by atoms with Gasteiger partial charge in [-0.2, -0.15) is 8.78 Å². The van der Waals surface area contributed by atoms with Crippen molar-refractivity contribution in [3.63, 3.8) is 0 Å². The van der Waals surface area contributed by atoms with Crippen LogP contribution in [0.4, 0.5) is 8.78 Å². The summed E-state index contributed by atoms with van der Waals surface area (Å²) in [6.07, 6.45) is -1.14. The van der Waals surface area contributed by atoms with E-state index < -0.39 is 31.2 Å². The molecular formula is C10H17F2O5P. The van der Waals surface area contributed by atoms with Gasteiger partial charge in [0.25, 0.3) is 0 Å². The summed E-state index contributed by atoms with van der Waals surface area (Å²) in [5.74, 6) is -0.991. The Kier molecular flexibility index (Phi) is 6.67. The van der Waals surface area contributed by atoms with Crippen LogP contribution in [0.2, 0.25) is 0 Å². The molecule has 8 heteroatoms. The molecule has 0 unspecified atom stereocenters. The first-order valence-corrected chi connectivity index (χ1v) is 6.81. The molecule has 0 fully saturated rings. The van der Waals surface area contributed by atoms with Gasteiger partial charge in [-0.05, 0) is 13.8 Å². The molecule has 0 N–H and O–H groups in total. The van der Waals surface area contributed by atoms with E-state index in [0.717, 1.165) is 7.11 Å². The van der Waals surface area contributed by atoms with Gasteiger partial charge in [0, 0.05) is 5.57 Å². The first-order chi connectivity index (χ1) is 8.24. The highest BCUT2D eigenvalue weighted by Crippen LogP contribution is 2.63. The minimum Gasteiger partial charge on any atom is -0.466 e. The number of esters is 1. The summed E-state index contributed by atoms with van der Waals surface area (Å²) in [6, 6.07) is 0. The molecule has 0 saturated carbocycles. The first kappa shape index (κ1) is 17.2. The normalized spacial score (nSPS) is 12.3. The number of methoxy groups -OCH3 is 1. The fourth-order valence-corrected chi connectivity index (χ4v) is 2.65. The molecule has 0 bridgehead atoms.